The summed E-state index contributed by atoms with van der Waals surface area (Å²) in [7, 11) is -4.47. The van der Waals surface area contributed by atoms with Gasteiger partial charge >= 0.3 is 19.8 Å². The third-order valence-corrected chi connectivity index (χ3v) is 8.82. The molecule has 2 amide bonds. The van der Waals surface area contributed by atoms with Crippen LogP contribution in [0, 0.1) is 0 Å². The molecule has 0 aliphatic heterocycles. The van der Waals surface area contributed by atoms with Crippen molar-refractivity contribution in [3.63, 3.8) is 0 Å². The number of carbonyl (C=O) groups excluding carboxylic acids is 3. The number of rotatable bonds is 13. The van der Waals surface area contributed by atoms with E-state index in [1.54, 1.807) is 92.7 Å². The number of hydrogen-bond donors (Lipinski definition) is 1. The summed E-state index contributed by atoms with van der Waals surface area (Å²) in [6.07, 6.45) is -2.48. The zero-order valence-electron chi connectivity index (χ0n) is 23.4. The number of hydrazine groups is 1. The lowest BCUT2D eigenvalue weighted by Gasteiger charge is -2.41. The lowest BCUT2D eigenvalue weighted by atomic mass is 10.0. The molecule has 0 spiro atoms. The van der Waals surface area contributed by atoms with Gasteiger partial charge in [-0.05, 0) is 37.5 Å². The Morgan fingerprint density at radius 3 is 1.63 bits per heavy atom. The Morgan fingerprint density at radius 2 is 1.17 bits per heavy atom. The number of hydrogen-bond acceptors (Lipinski definition) is 8. The van der Waals surface area contributed by atoms with Gasteiger partial charge in [0.1, 0.15) is 13.2 Å². The van der Waals surface area contributed by atoms with Gasteiger partial charge in [-0.2, -0.15) is 5.01 Å². The molecular weight excluding hydrogens is 547 g/mol. The number of ether oxygens (including phenoxy) is 2. The summed E-state index contributed by atoms with van der Waals surface area (Å²) in [5, 5.41) is -1.77. The summed E-state index contributed by atoms with van der Waals surface area (Å²) in [5.74, 6) is -0.714. The Morgan fingerprint density at radius 1 is 0.732 bits per heavy atom. The molecule has 0 radical (unpaired) electrons. The van der Waals surface area contributed by atoms with Crippen molar-refractivity contribution in [3.8, 4) is 0 Å². The minimum absolute atomic E-state index is 0.100. The second kappa shape index (κ2) is 15.1. The van der Waals surface area contributed by atoms with Crippen LogP contribution in [0.4, 0.5) is 9.59 Å². The smallest absolute Gasteiger partial charge is 0.430 e. The van der Waals surface area contributed by atoms with Crippen molar-refractivity contribution in [2.75, 3.05) is 13.2 Å². The van der Waals surface area contributed by atoms with Gasteiger partial charge in [0.25, 0.3) is 0 Å². The highest BCUT2D eigenvalue weighted by Crippen LogP contribution is 2.61. The molecule has 3 aromatic carbocycles. The summed E-state index contributed by atoms with van der Waals surface area (Å²) >= 11 is 0. The Hall–Kier alpha value is -3.98. The van der Waals surface area contributed by atoms with Crippen molar-refractivity contribution in [2.45, 2.75) is 45.7 Å². The van der Waals surface area contributed by atoms with Crippen LogP contribution in [0.2, 0.25) is 0 Å². The van der Waals surface area contributed by atoms with Crippen LogP contribution < -0.4 is 5.43 Å². The monoisotopic (exact) mass is 582 g/mol. The number of nitrogens with zero attached hydrogens (tertiary/aromatic N) is 1. The molecule has 0 saturated carbocycles. The highest BCUT2D eigenvalue weighted by molar-refractivity contribution is 7.56. The molecule has 3 rings (SSSR count). The van der Waals surface area contributed by atoms with Gasteiger partial charge in [-0.3, -0.25) is 9.36 Å². The van der Waals surface area contributed by atoms with Gasteiger partial charge < -0.3 is 18.5 Å². The third-order valence-electron chi connectivity index (χ3n) is 6.11. The molecule has 1 atom stereocenters. The predicted octanol–water partition coefficient (Wildman–Crippen LogP) is 6.26. The Kier molecular flexibility index (Phi) is 11.6. The van der Waals surface area contributed by atoms with Crippen molar-refractivity contribution < 1.29 is 37.5 Å². The number of Topliss-reactive ketones (excluding diaryl/α,β-unsaturated/α-hetero) is 1. The molecule has 218 valence electrons. The minimum atomic E-state index is -4.47. The summed E-state index contributed by atoms with van der Waals surface area (Å²) in [5.41, 5.74) is 4.24. The average molecular weight is 583 g/mol. The van der Waals surface area contributed by atoms with Gasteiger partial charge in [0.05, 0.1) is 13.2 Å². The topological polar surface area (TPSA) is 120 Å². The molecular formula is C30H35N2O8P. The van der Waals surface area contributed by atoms with Gasteiger partial charge in [0, 0.05) is 6.42 Å². The second-order valence-electron chi connectivity index (χ2n) is 8.99. The average Bonchev–Trinajstić information content (AvgIpc) is 2.99. The first-order valence-corrected chi connectivity index (χ1v) is 14.7. The highest BCUT2D eigenvalue weighted by atomic mass is 31.2. The summed E-state index contributed by atoms with van der Waals surface area (Å²) < 4.78 is 36.3. The maximum Gasteiger partial charge on any atom is 0.430 e. The van der Waals surface area contributed by atoms with E-state index in [0.29, 0.717) is 21.7 Å². The zero-order valence-corrected chi connectivity index (χ0v) is 24.3. The molecule has 10 nitrogen and oxygen atoms in total. The standard InChI is InChI=1S/C30H35N2O8P/c1-4-39-41(36,40-5-2)30(3,27(33)21-24-15-9-6-10-16-24)32(29(35)38-23-26-19-13-8-14-20-26)31-28(34)37-22-25-17-11-7-12-18-25/h6-20H,4-5,21-23H2,1-3H3,(H,31,34). The van der Waals surface area contributed by atoms with E-state index in [2.05, 4.69) is 5.43 Å². The van der Waals surface area contributed by atoms with Crippen LogP contribution in [0.3, 0.4) is 0 Å². The van der Waals surface area contributed by atoms with Crippen LogP contribution in [-0.4, -0.2) is 41.5 Å². The van der Waals surface area contributed by atoms with E-state index in [4.69, 9.17) is 18.5 Å². The molecule has 0 fully saturated rings. The van der Waals surface area contributed by atoms with E-state index >= 15 is 0 Å². The first-order chi connectivity index (χ1) is 19.7. The van der Waals surface area contributed by atoms with E-state index < -0.39 is 30.8 Å². The molecule has 3 aromatic rings. The lowest BCUT2D eigenvalue weighted by Crippen LogP contribution is -2.62. The van der Waals surface area contributed by atoms with Crippen LogP contribution in [0.25, 0.3) is 0 Å². The number of nitrogens with one attached hydrogen (secondary N) is 1. The van der Waals surface area contributed by atoms with E-state index in [1.807, 2.05) is 12.1 Å². The SMILES string of the molecule is CCOP(=O)(OCC)C(C)(C(=O)Cc1ccccc1)N(NC(=O)OCc1ccccc1)C(=O)OCc1ccccc1. The Labute approximate surface area is 240 Å². The van der Waals surface area contributed by atoms with Crippen LogP contribution >= 0.6 is 7.60 Å². The summed E-state index contributed by atoms with van der Waals surface area (Å²) in [6, 6.07) is 26.4. The molecule has 1 unspecified atom stereocenters. The van der Waals surface area contributed by atoms with Crippen LogP contribution in [0.1, 0.15) is 37.5 Å². The normalized spacial score (nSPS) is 12.6. The third kappa shape index (κ3) is 8.27. The van der Waals surface area contributed by atoms with Crippen molar-refractivity contribution in [1.29, 1.82) is 0 Å². The van der Waals surface area contributed by atoms with Gasteiger partial charge in [-0.25, -0.2) is 15.0 Å². The Bertz CT molecular complexity index is 1310. The maximum absolute atomic E-state index is 14.3. The largest absolute Gasteiger partial charge is 0.443 e. The van der Waals surface area contributed by atoms with Crippen LogP contribution in [0.5, 0.6) is 0 Å². The fourth-order valence-electron chi connectivity index (χ4n) is 3.94. The van der Waals surface area contributed by atoms with Crippen molar-refractivity contribution in [2.24, 2.45) is 0 Å². The van der Waals surface area contributed by atoms with Crippen molar-refractivity contribution in [1.82, 2.24) is 10.4 Å². The van der Waals surface area contributed by atoms with Gasteiger partial charge in [0.15, 0.2) is 5.78 Å². The number of ketones is 1. The van der Waals surface area contributed by atoms with E-state index in [9.17, 15) is 18.9 Å². The molecule has 0 aliphatic rings. The molecule has 11 heteroatoms. The maximum atomic E-state index is 14.3. The van der Waals surface area contributed by atoms with Crippen LogP contribution in [0.15, 0.2) is 91.0 Å². The molecule has 0 saturated heterocycles. The first kappa shape index (κ1) is 31.5. The number of carbonyl (C=O) groups is 3. The number of benzene rings is 3. The van der Waals surface area contributed by atoms with E-state index in [0.717, 1.165) is 0 Å². The lowest BCUT2D eigenvalue weighted by molar-refractivity contribution is -0.126. The molecule has 0 heterocycles. The number of amides is 2. The fourth-order valence-corrected chi connectivity index (χ4v) is 5.96. The molecule has 0 aromatic heterocycles. The quantitative estimate of drug-likeness (QED) is 0.185. The van der Waals surface area contributed by atoms with Crippen LogP contribution in [-0.2, 0) is 47.5 Å². The van der Waals surface area contributed by atoms with Gasteiger partial charge in [-0.15, -0.1) is 0 Å². The highest BCUT2D eigenvalue weighted by Gasteiger charge is 2.60. The Balaban J connectivity index is 2.01. The van der Waals surface area contributed by atoms with E-state index in [-0.39, 0.29) is 32.8 Å². The zero-order chi connectivity index (χ0) is 29.7. The van der Waals surface area contributed by atoms with Crippen molar-refractivity contribution >= 4 is 25.6 Å². The molecule has 0 aliphatic carbocycles. The second-order valence-corrected chi connectivity index (χ2v) is 11.4. The molecule has 1 N–H and O–H groups in total. The van der Waals surface area contributed by atoms with Gasteiger partial charge in [0.2, 0.25) is 5.28 Å². The molecule has 41 heavy (non-hydrogen) atoms. The first-order valence-electron chi connectivity index (χ1n) is 13.2. The fraction of sp³-hybridized carbons (Fsp3) is 0.300. The van der Waals surface area contributed by atoms with Gasteiger partial charge in [-0.1, -0.05) is 91.0 Å². The minimum Gasteiger partial charge on any atom is -0.443 e. The van der Waals surface area contributed by atoms with E-state index in [1.165, 1.54) is 6.92 Å². The summed E-state index contributed by atoms with van der Waals surface area (Å²) in [6.45, 7) is 3.87. The molecule has 0 bridgehead atoms. The van der Waals surface area contributed by atoms with Crippen molar-refractivity contribution in [3.05, 3.63) is 108 Å². The summed E-state index contributed by atoms with van der Waals surface area (Å²) in [4.78, 5) is 40.7. The predicted molar refractivity (Wildman–Crippen MR) is 153 cm³/mol.